The van der Waals surface area contributed by atoms with Crippen LogP contribution in [0.2, 0.25) is 0 Å². The van der Waals surface area contributed by atoms with Crippen LogP contribution in [-0.4, -0.2) is 23.3 Å². The molecule has 0 spiro atoms. The summed E-state index contributed by atoms with van der Waals surface area (Å²) in [5.74, 6) is -1.99. The molecule has 0 bridgehead atoms. The number of anilines is 1. The van der Waals surface area contributed by atoms with Gasteiger partial charge in [-0.1, -0.05) is 19.3 Å². The van der Waals surface area contributed by atoms with E-state index in [0.717, 1.165) is 31.4 Å². The van der Waals surface area contributed by atoms with Crippen molar-refractivity contribution in [1.29, 1.82) is 0 Å². The molecule has 0 aliphatic heterocycles. The van der Waals surface area contributed by atoms with Crippen molar-refractivity contribution in [2.45, 2.75) is 37.7 Å². The second-order valence-electron chi connectivity index (χ2n) is 5.22. The summed E-state index contributed by atoms with van der Waals surface area (Å²) in [6.45, 7) is 0.155. The van der Waals surface area contributed by atoms with Crippen LogP contribution in [0.25, 0.3) is 0 Å². The Bertz CT molecular complexity index is 488. The van der Waals surface area contributed by atoms with Crippen LogP contribution in [0.4, 0.5) is 19.3 Å². The lowest BCUT2D eigenvalue weighted by Crippen LogP contribution is -2.45. The third-order valence-electron chi connectivity index (χ3n) is 3.54. The maximum Gasteiger partial charge on any atom is 0.319 e. The molecule has 2 amide bonds. The lowest BCUT2D eigenvalue weighted by molar-refractivity contribution is 0.00755. The van der Waals surface area contributed by atoms with Gasteiger partial charge < -0.3 is 15.7 Å². The monoisotopic (exact) mass is 284 g/mol. The number of nitrogens with one attached hydrogen (secondary N) is 2. The van der Waals surface area contributed by atoms with Crippen molar-refractivity contribution in [3.8, 4) is 0 Å². The van der Waals surface area contributed by atoms with Gasteiger partial charge in [0.2, 0.25) is 0 Å². The Morgan fingerprint density at radius 3 is 2.55 bits per heavy atom. The fraction of sp³-hybridized carbons (Fsp3) is 0.500. The molecule has 0 heterocycles. The molecule has 1 fully saturated rings. The van der Waals surface area contributed by atoms with Gasteiger partial charge in [0.15, 0.2) is 11.6 Å². The number of carbonyl (C=O) groups excluding carboxylic acids is 1. The number of hydrogen-bond donors (Lipinski definition) is 3. The molecule has 0 radical (unpaired) electrons. The second kappa shape index (κ2) is 6.17. The Kier molecular flexibility index (Phi) is 4.54. The van der Waals surface area contributed by atoms with E-state index in [0.29, 0.717) is 12.8 Å². The molecule has 4 nitrogen and oxygen atoms in total. The zero-order chi connectivity index (χ0) is 14.6. The summed E-state index contributed by atoms with van der Waals surface area (Å²) in [5, 5.41) is 15.2. The van der Waals surface area contributed by atoms with E-state index >= 15 is 0 Å². The van der Waals surface area contributed by atoms with E-state index < -0.39 is 23.3 Å². The molecule has 0 aromatic heterocycles. The molecule has 2 rings (SSSR count). The van der Waals surface area contributed by atoms with Crippen LogP contribution >= 0.6 is 0 Å². The number of benzene rings is 1. The second-order valence-corrected chi connectivity index (χ2v) is 5.22. The molecule has 0 unspecified atom stereocenters. The van der Waals surface area contributed by atoms with E-state index in [1.807, 2.05) is 0 Å². The Hall–Kier alpha value is -1.69. The van der Waals surface area contributed by atoms with Crippen molar-refractivity contribution in [2.24, 2.45) is 0 Å². The Morgan fingerprint density at radius 2 is 1.90 bits per heavy atom. The summed E-state index contributed by atoms with van der Waals surface area (Å²) < 4.78 is 25.7. The van der Waals surface area contributed by atoms with Crippen LogP contribution in [0.5, 0.6) is 0 Å². The lowest BCUT2D eigenvalue weighted by atomic mass is 9.85. The summed E-state index contributed by atoms with van der Waals surface area (Å²) in [5.41, 5.74) is -0.694. The number of carbonyl (C=O) groups is 1. The SMILES string of the molecule is O=C(NCC1(O)CCCCC1)Nc1ccc(F)c(F)c1. The van der Waals surface area contributed by atoms with Crippen molar-refractivity contribution in [1.82, 2.24) is 5.32 Å². The minimum absolute atomic E-state index is 0.155. The lowest BCUT2D eigenvalue weighted by Gasteiger charge is -2.32. The maximum atomic E-state index is 13.0. The molecule has 6 heteroatoms. The highest BCUT2D eigenvalue weighted by atomic mass is 19.2. The number of hydrogen-bond acceptors (Lipinski definition) is 2. The first kappa shape index (κ1) is 14.7. The molecule has 110 valence electrons. The summed E-state index contributed by atoms with van der Waals surface area (Å²) >= 11 is 0. The average Bonchev–Trinajstić information content (AvgIpc) is 2.42. The molecular weight excluding hydrogens is 266 g/mol. The Balaban J connectivity index is 1.84. The summed E-state index contributed by atoms with van der Waals surface area (Å²) in [6, 6.07) is 2.58. The molecule has 1 aromatic rings. The fourth-order valence-corrected chi connectivity index (χ4v) is 2.38. The van der Waals surface area contributed by atoms with Gasteiger partial charge in [0.25, 0.3) is 0 Å². The summed E-state index contributed by atoms with van der Waals surface area (Å²) in [4.78, 5) is 11.6. The van der Waals surface area contributed by atoms with Crippen LogP contribution in [0.3, 0.4) is 0 Å². The largest absolute Gasteiger partial charge is 0.388 e. The van der Waals surface area contributed by atoms with E-state index in [-0.39, 0.29) is 12.2 Å². The predicted octanol–water partition coefficient (Wildman–Crippen LogP) is 2.78. The van der Waals surface area contributed by atoms with E-state index in [2.05, 4.69) is 10.6 Å². The van der Waals surface area contributed by atoms with Gasteiger partial charge in [0, 0.05) is 18.3 Å². The molecule has 20 heavy (non-hydrogen) atoms. The third-order valence-corrected chi connectivity index (χ3v) is 3.54. The highest BCUT2D eigenvalue weighted by Gasteiger charge is 2.29. The number of aliphatic hydroxyl groups is 1. The first-order valence-electron chi connectivity index (χ1n) is 6.71. The summed E-state index contributed by atoms with van der Waals surface area (Å²) in [7, 11) is 0. The van der Waals surface area contributed by atoms with Crippen molar-refractivity contribution in [3.05, 3.63) is 29.8 Å². The minimum atomic E-state index is -1.02. The molecule has 1 aromatic carbocycles. The number of halogens is 2. The zero-order valence-corrected chi connectivity index (χ0v) is 11.1. The van der Waals surface area contributed by atoms with Gasteiger partial charge in [-0.2, -0.15) is 0 Å². The molecule has 1 aliphatic carbocycles. The normalized spacial score (nSPS) is 17.6. The van der Waals surface area contributed by atoms with E-state index in [9.17, 15) is 18.7 Å². The van der Waals surface area contributed by atoms with E-state index in [4.69, 9.17) is 0 Å². The fourth-order valence-electron chi connectivity index (χ4n) is 2.38. The molecule has 0 atom stereocenters. The summed E-state index contributed by atoms with van der Waals surface area (Å²) in [6.07, 6.45) is 4.33. The molecule has 1 saturated carbocycles. The van der Waals surface area contributed by atoms with Crippen molar-refractivity contribution in [3.63, 3.8) is 0 Å². The molecule has 0 saturated heterocycles. The van der Waals surface area contributed by atoms with Crippen LogP contribution in [-0.2, 0) is 0 Å². The van der Waals surface area contributed by atoms with Gasteiger partial charge in [0.1, 0.15) is 0 Å². The predicted molar refractivity (Wildman–Crippen MR) is 71.4 cm³/mol. The minimum Gasteiger partial charge on any atom is -0.388 e. The van der Waals surface area contributed by atoms with E-state index in [1.54, 1.807) is 0 Å². The number of urea groups is 1. The van der Waals surface area contributed by atoms with Gasteiger partial charge in [-0.15, -0.1) is 0 Å². The van der Waals surface area contributed by atoms with Gasteiger partial charge in [0.05, 0.1) is 5.60 Å². The van der Waals surface area contributed by atoms with Crippen LogP contribution in [0.1, 0.15) is 32.1 Å². The van der Waals surface area contributed by atoms with Gasteiger partial charge in [-0.05, 0) is 25.0 Å². The van der Waals surface area contributed by atoms with Gasteiger partial charge in [-0.3, -0.25) is 0 Å². The van der Waals surface area contributed by atoms with Crippen molar-refractivity contribution in [2.75, 3.05) is 11.9 Å². The highest BCUT2D eigenvalue weighted by Crippen LogP contribution is 2.27. The first-order chi connectivity index (χ1) is 9.48. The van der Waals surface area contributed by atoms with Crippen molar-refractivity contribution < 1.29 is 18.7 Å². The smallest absolute Gasteiger partial charge is 0.319 e. The van der Waals surface area contributed by atoms with Gasteiger partial charge >= 0.3 is 6.03 Å². The topological polar surface area (TPSA) is 61.4 Å². The molecule has 3 N–H and O–H groups in total. The first-order valence-corrected chi connectivity index (χ1v) is 6.71. The average molecular weight is 284 g/mol. The third kappa shape index (κ3) is 3.90. The van der Waals surface area contributed by atoms with Crippen LogP contribution in [0.15, 0.2) is 18.2 Å². The quantitative estimate of drug-likeness (QED) is 0.799. The number of rotatable bonds is 3. The zero-order valence-electron chi connectivity index (χ0n) is 11.1. The standard InChI is InChI=1S/C14H18F2N2O2/c15-11-5-4-10(8-12(11)16)18-13(19)17-9-14(20)6-2-1-3-7-14/h4-5,8,20H,1-3,6-7,9H2,(H2,17,18,19). The Morgan fingerprint density at radius 1 is 1.20 bits per heavy atom. The van der Waals surface area contributed by atoms with E-state index in [1.165, 1.54) is 6.07 Å². The number of amides is 2. The molecule has 1 aliphatic rings. The van der Waals surface area contributed by atoms with Crippen molar-refractivity contribution >= 4 is 11.7 Å². The Labute approximate surface area is 116 Å². The maximum absolute atomic E-state index is 13.0. The highest BCUT2D eigenvalue weighted by molar-refractivity contribution is 5.89. The molecular formula is C14H18F2N2O2. The van der Waals surface area contributed by atoms with Gasteiger partial charge in [-0.25, -0.2) is 13.6 Å². The van der Waals surface area contributed by atoms with Crippen LogP contribution in [0, 0.1) is 11.6 Å². The van der Waals surface area contributed by atoms with Crippen LogP contribution < -0.4 is 10.6 Å².